The van der Waals surface area contributed by atoms with E-state index in [9.17, 15) is 19.1 Å². The largest absolute Gasteiger partial charge is 0.481 e. The summed E-state index contributed by atoms with van der Waals surface area (Å²) in [5.74, 6) is -3.46. The molecule has 0 radical (unpaired) electrons. The summed E-state index contributed by atoms with van der Waals surface area (Å²) in [6.45, 7) is 3.24. The lowest BCUT2D eigenvalue weighted by Gasteiger charge is -2.10. The van der Waals surface area contributed by atoms with Crippen molar-refractivity contribution in [2.45, 2.75) is 26.2 Å². The summed E-state index contributed by atoms with van der Waals surface area (Å²) in [4.78, 5) is 31.3. The zero-order valence-electron chi connectivity index (χ0n) is 14.1. The molecule has 1 atom stereocenters. The fraction of sp³-hybridized carbons (Fsp3) is 0.211. The second-order valence-corrected chi connectivity index (χ2v) is 6.42. The van der Waals surface area contributed by atoms with E-state index in [1.807, 2.05) is 0 Å². The van der Waals surface area contributed by atoms with Gasteiger partial charge in [0.1, 0.15) is 5.69 Å². The van der Waals surface area contributed by atoms with Crippen molar-refractivity contribution in [1.82, 2.24) is 9.97 Å². The van der Waals surface area contributed by atoms with Gasteiger partial charge in [-0.05, 0) is 43.2 Å². The molecule has 0 saturated carbocycles. The predicted molar refractivity (Wildman–Crippen MR) is 96.4 cm³/mol. The lowest BCUT2D eigenvalue weighted by molar-refractivity contribution is -0.138. The van der Waals surface area contributed by atoms with E-state index in [1.54, 1.807) is 25.1 Å². The van der Waals surface area contributed by atoms with E-state index in [1.165, 1.54) is 19.2 Å². The molecule has 1 aromatic carbocycles. The van der Waals surface area contributed by atoms with Crippen molar-refractivity contribution in [2.75, 3.05) is 0 Å². The molecule has 2 N–H and O–H groups in total. The van der Waals surface area contributed by atoms with Gasteiger partial charge >= 0.3 is 5.97 Å². The van der Waals surface area contributed by atoms with Crippen molar-refractivity contribution in [3.05, 3.63) is 63.8 Å². The normalized spacial score (nSPS) is 12.3. The second kappa shape index (κ2) is 6.88. The number of aliphatic carboxylic acids is 1. The Kier molecular flexibility index (Phi) is 4.78. The van der Waals surface area contributed by atoms with E-state index in [4.69, 9.17) is 11.6 Å². The molecule has 0 bridgehead atoms. The Balaban J connectivity index is 2.26. The number of carbonyl (C=O) groups is 2. The molecule has 1 unspecified atom stereocenters. The van der Waals surface area contributed by atoms with E-state index >= 15 is 0 Å². The minimum atomic E-state index is -1.10. The van der Waals surface area contributed by atoms with Crippen LogP contribution in [0.1, 0.15) is 47.1 Å². The van der Waals surface area contributed by atoms with Gasteiger partial charge in [-0.3, -0.25) is 9.59 Å². The molecule has 3 aromatic rings. The number of rotatable bonds is 5. The summed E-state index contributed by atoms with van der Waals surface area (Å²) in [6, 6.07) is 6.38. The number of benzene rings is 1. The molecule has 2 heterocycles. The van der Waals surface area contributed by atoms with Crippen LogP contribution in [0.25, 0.3) is 10.9 Å². The minimum absolute atomic E-state index is 0.0109. The maximum absolute atomic E-state index is 14.6. The Morgan fingerprint density at radius 2 is 2.08 bits per heavy atom. The van der Waals surface area contributed by atoms with E-state index in [2.05, 4.69) is 9.97 Å². The van der Waals surface area contributed by atoms with Gasteiger partial charge in [0.15, 0.2) is 5.82 Å². The van der Waals surface area contributed by atoms with Crippen molar-refractivity contribution in [2.24, 2.45) is 0 Å². The van der Waals surface area contributed by atoms with Crippen LogP contribution in [0, 0.1) is 5.82 Å². The molecular weight excluding hydrogens is 359 g/mol. The molecule has 0 aliphatic heterocycles. The summed E-state index contributed by atoms with van der Waals surface area (Å²) in [5, 5.41) is 10.4. The molecule has 5 nitrogen and oxygen atoms in total. The van der Waals surface area contributed by atoms with E-state index < -0.39 is 23.5 Å². The average Bonchev–Trinajstić information content (AvgIpc) is 2.99. The molecule has 0 aliphatic carbocycles. The van der Waals surface area contributed by atoms with Crippen LogP contribution < -0.4 is 0 Å². The highest BCUT2D eigenvalue weighted by Crippen LogP contribution is 2.33. The SMILES string of the molecule is CCc1ccnc(C(=O)c2[nH]c3ccc(Cl)cc3c2C(C)C(=O)O)c1F. The first-order valence-electron chi connectivity index (χ1n) is 8.07. The topological polar surface area (TPSA) is 83.0 Å². The van der Waals surface area contributed by atoms with E-state index in [0.717, 1.165) is 0 Å². The minimum Gasteiger partial charge on any atom is -0.481 e. The number of carbonyl (C=O) groups excluding carboxylic acids is 1. The lowest BCUT2D eigenvalue weighted by atomic mass is 9.95. The Labute approximate surface area is 153 Å². The Morgan fingerprint density at radius 3 is 2.73 bits per heavy atom. The number of H-pyrrole nitrogens is 1. The molecule has 0 fully saturated rings. The predicted octanol–water partition coefficient (Wildman–Crippen LogP) is 4.34. The molecule has 0 aliphatic rings. The van der Waals surface area contributed by atoms with Gasteiger partial charge in [-0.15, -0.1) is 0 Å². The van der Waals surface area contributed by atoms with Crippen LogP contribution in [0.5, 0.6) is 0 Å². The number of fused-ring (bicyclic) bond motifs is 1. The molecule has 134 valence electrons. The second-order valence-electron chi connectivity index (χ2n) is 5.98. The summed E-state index contributed by atoms with van der Waals surface area (Å²) >= 11 is 6.03. The lowest BCUT2D eigenvalue weighted by Crippen LogP contribution is -2.15. The highest BCUT2D eigenvalue weighted by Gasteiger charge is 2.29. The maximum atomic E-state index is 14.6. The molecule has 7 heteroatoms. The summed E-state index contributed by atoms with van der Waals surface area (Å²) in [5.41, 5.74) is 0.865. The van der Waals surface area contributed by atoms with Crippen LogP contribution in [0.4, 0.5) is 4.39 Å². The number of hydrogen-bond donors (Lipinski definition) is 2. The van der Waals surface area contributed by atoms with Crippen molar-refractivity contribution in [1.29, 1.82) is 0 Å². The fourth-order valence-corrected chi connectivity index (χ4v) is 3.14. The van der Waals surface area contributed by atoms with Crippen molar-refractivity contribution >= 4 is 34.3 Å². The Hall–Kier alpha value is -2.73. The quantitative estimate of drug-likeness (QED) is 0.651. The Bertz CT molecular complexity index is 1030. The number of nitrogens with one attached hydrogen (secondary N) is 1. The third-order valence-corrected chi connectivity index (χ3v) is 4.63. The van der Waals surface area contributed by atoms with Gasteiger partial charge in [-0.1, -0.05) is 18.5 Å². The fourth-order valence-electron chi connectivity index (χ4n) is 2.97. The summed E-state index contributed by atoms with van der Waals surface area (Å²) in [7, 11) is 0. The van der Waals surface area contributed by atoms with Crippen LogP contribution in [-0.4, -0.2) is 26.8 Å². The van der Waals surface area contributed by atoms with Crippen LogP contribution in [0.15, 0.2) is 30.5 Å². The van der Waals surface area contributed by atoms with Crippen LogP contribution >= 0.6 is 11.6 Å². The number of halogens is 2. The van der Waals surface area contributed by atoms with E-state index in [0.29, 0.717) is 27.9 Å². The number of nitrogens with zero attached hydrogens (tertiary/aromatic N) is 1. The number of hydrogen-bond acceptors (Lipinski definition) is 3. The highest BCUT2D eigenvalue weighted by atomic mass is 35.5. The average molecular weight is 375 g/mol. The molecular formula is C19H16ClFN2O3. The van der Waals surface area contributed by atoms with Gasteiger partial charge in [0.05, 0.1) is 11.6 Å². The third kappa shape index (κ3) is 2.97. The summed E-state index contributed by atoms with van der Waals surface area (Å²) in [6.07, 6.45) is 1.78. The summed E-state index contributed by atoms with van der Waals surface area (Å²) < 4.78 is 14.6. The number of aryl methyl sites for hydroxylation is 1. The van der Waals surface area contributed by atoms with Crippen LogP contribution in [0.2, 0.25) is 5.02 Å². The first-order valence-corrected chi connectivity index (χ1v) is 8.44. The number of carboxylic acids is 1. The number of aromatic amines is 1. The standard InChI is InChI=1S/C19H16ClFN2O3/c1-3-10-6-7-22-17(15(10)21)18(24)16-14(9(2)19(25)26)12-8-11(20)4-5-13(12)23-16/h4-9,23H,3H2,1-2H3,(H,25,26). The number of pyridine rings is 1. The number of carboxylic acid groups (broad SMARTS) is 1. The highest BCUT2D eigenvalue weighted by molar-refractivity contribution is 6.31. The van der Waals surface area contributed by atoms with Crippen LogP contribution in [0.3, 0.4) is 0 Å². The van der Waals surface area contributed by atoms with Gasteiger partial charge in [-0.2, -0.15) is 0 Å². The van der Waals surface area contributed by atoms with Crippen molar-refractivity contribution in [3.63, 3.8) is 0 Å². The van der Waals surface area contributed by atoms with Gasteiger partial charge in [-0.25, -0.2) is 9.37 Å². The number of ketones is 1. The zero-order valence-corrected chi connectivity index (χ0v) is 14.9. The third-order valence-electron chi connectivity index (χ3n) is 4.40. The molecule has 2 aromatic heterocycles. The van der Waals surface area contributed by atoms with Gasteiger partial charge in [0.2, 0.25) is 5.78 Å². The van der Waals surface area contributed by atoms with Gasteiger partial charge in [0.25, 0.3) is 0 Å². The zero-order chi connectivity index (χ0) is 19.0. The molecule has 3 rings (SSSR count). The maximum Gasteiger partial charge on any atom is 0.310 e. The van der Waals surface area contributed by atoms with E-state index in [-0.39, 0.29) is 17.0 Å². The van der Waals surface area contributed by atoms with Gasteiger partial charge in [0, 0.05) is 27.7 Å². The van der Waals surface area contributed by atoms with Crippen LogP contribution in [-0.2, 0) is 11.2 Å². The monoisotopic (exact) mass is 374 g/mol. The van der Waals surface area contributed by atoms with Crippen molar-refractivity contribution in [3.8, 4) is 0 Å². The van der Waals surface area contributed by atoms with Gasteiger partial charge < -0.3 is 10.1 Å². The molecule has 0 spiro atoms. The Morgan fingerprint density at radius 1 is 1.35 bits per heavy atom. The first kappa shape index (κ1) is 18.1. The molecule has 26 heavy (non-hydrogen) atoms. The first-order chi connectivity index (χ1) is 12.3. The molecule has 0 saturated heterocycles. The number of aromatic nitrogens is 2. The van der Waals surface area contributed by atoms with Crippen molar-refractivity contribution < 1.29 is 19.1 Å². The smallest absolute Gasteiger partial charge is 0.310 e. The molecule has 0 amide bonds.